The Labute approximate surface area is 163 Å². The van der Waals surface area contributed by atoms with Gasteiger partial charge >= 0.3 is 6.18 Å². The van der Waals surface area contributed by atoms with E-state index in [0.717, 1.165) is 18.2 Å². The summed E-state index contributed by atoms with van der Waals surface area (Å²) in [6, 6.07) is 7.29. The van der Waals surface area contributed by atoms with Gasteiger partial charge in [-0.05, 0) is 42.5 Å². The largest absolute Gasteiger partial charge is 0.497 e. The van der Waals surface area contributed by atoms with E-state index >= 15 is 0 Å². The molecule has 0 aliphatic rings. The molecule has 1 amide bonds. The summed E-state index contributed by atoms with van der Waals surface area (Å²) < 4.78 is 48.2. The Morgan fingerprint density at radius 2 is 1.67 bits per heavy atom. The van der Waals surface area contributed by atoms with Crippen molar-refractivity contribution in [2.24, 2.45) is 0 Å². The molecule has 0 saturated heterocycles. The molecule has 10 heteroatoms. The summed E-state index contributed by atoms with van der Waals surface area (Å²) in [7, 11) is 2.88. The fourth-order valence-electron chi connectivity index (χ4n) is 2.06. The number of hydrogen-bond acceptors (Lipinski definition) is 4. The maximum Gasteiger partial charge on any atom is 0.416 e. The van der Waals surface area contributed by atoms with E-state index in [2.05, 4.69) is 10.6 Å². The summed E-state index contributed by atoms with van der Waals surface area (Å²) in [4.78, 5) is 12.3. The number of rotatable bonds is 4. The first kappa shape index (κ1) is 20.8. The highest BCUT2D eigenvalue weighted by atomic mass is 35.5. The number of carbonyl (C=O) groups is 1. The van der Waals surface area contributed by atoms with Crippen molar-refractivity contribution in [3.05, 3.63) is 52.5 Å². The van der Waals surface area contributed by atoms with Gasteiger partial charge in [0.1, 0.15) is 11.5 Å². The van der Waals surface area contributed by atoms with Gasteiger partial charge in [0.05, 0.1) is 30.5 Å². The van der Waals surface area contributed by atoms with E-state index in [1.165, 1.54) is 26.4 Å². The zero-order valence-electron chi connectivity index (χ0n) is 14.1. The summed E-state index contributed by atoms with van der Waals surface area (Å²) in [6.07, 6.45) is -4.51. The minimum absolute atomic E-state index is 0.123. The van der Waals surface area contributed by atoms with E-state index in [4.69, 9.17) is 33.3 Å². The molecule has 0 bridgehead atoms. The van der Waals surface area contributed by atoms with E-state index in [1.807, 2.05) is 0 Å². The Kier molecular flexibility index (Phi) is 6.50. The summed E-state index contributed by atoms with van der Waals surface area (Å²) in [5, 5.41) is 4.67. The highest BCUT2D eigenvalue weighted by Gasteiger charge is 2.30. The molecule has 0 aromatic heterocycles. The van der Waals surface area contributed by atoms with E-state index in [0.29, 0.717) is 11.5 Å². The summed E-state index contributed by atoms with van der Waals surface area (Å²) >= 11 is 10.9. The number of ether oxygens (including phenoxy) is 2. The Hall–Kier alpha value is -2.52. The maximum atomic E-state index is 12.7. The molecule has 0 saturated carbocycles. The van der Waals surface area contributed by atoms with Crippen LogP contribution in [0.1, 0.15) is 15.9 Å². The molecule has 0 spiro atoms. The molecule has 0 unspecified atom stereocenters. The Morgan fingerprint density at radius 3 is 2.15 bits per heavy atom. The average molecular weight is 419 g/mol. The van der Waals surface area contributed by atoms with Crippen molar-refractivity contribution in [3.63, 3.8) is 0 Å². The molecule has 0 radical (unpaired) electrons. The first-order valence-electron chi connectivity index (χ1n) is 7.36. The number of hydrogen-bond donors (Lipinski definition) is 2. The molecule has 2 aromatic carbocycles. The van der Waals surface area contributed by atoms with Crippen LogP contribution >= 0.6 is 23.8 Å². The summed E-state index contributed by atoms with van der Waals surface area (Å²) in [6.45, 7) is 0. The number of nitrogens with one attached hydrogen (secondary N) is 2. The third-order valence-corrected chi connectivity index (χ3v) is 3.90. The first-order chi connectivity index (χ1) is 12.6. The fraction of sp³-hybridized carbons (Fsp3) is 0.176. The number of anilines is 1. The van der Waals surface area contributed by atoms with Gasteiger partial charge < -0.3 is 14.8 Å². The van der Waals surface area contributed by atoms with Gasteiger partial charge in [-0.25, -0.2) is 0 Å². The third-order valence-electron chi connectivity index (χ3n) is 3.39. The molecule has 0 aliphatic heterocycles. The van der Waals surface area contributed by atoms with E-state index in [1.54, 1.807) is 6.07 Å². The van der Waals surface area contributed by atoms with Gasteiger partial charge in [-0.2, -0.15) is 13.2 Å². The van der Waals surface area contributed by atoms with Gasteiger partial charge in [0.25, 0.3) is 5.91 Å². The molecule has 0 heterocycles. The molecule has 144 valence electrons. The average Bonchev–Trinajstić information content (AvgIpc) is 2.61. The SMILES string of the molecule is COc1cc(OC)cc(C(=O)NC(=S)Nc2ccc(C(F)(F)F)cc2Cl)c1. The second kappa shape index (κ2) is 8.45. The van der Waals surface area contributed by atoms with Crippen LogP contribution in [0.5, 0.6) is 11.5 Å². The molecular formula is C17H14ClF3N2O3S. The van der Waals surface area contributed by atoms with Crippen LogP contribution in [0.4, 0.5) is 18.9 Å². The minimum Gasteiger partial charge on any atom is -0.497 e. The summed E-state index contributed by atoms with van der Waals surface area (Å²) in [5.41, 5.74) is -0.552. The predicted octanol–water partition coefficient (Wildman–Crippen LogP) is 4.50. The number of carbonyl (C=O) groups excluding carboxylic acids is 1. The van der Waals surface area contributed by atoms with Crippen LogP contribution in [0.25, 0.3) is 0 Å². The molecule has 0 aliphatic carbocycles. The standard InChI is InChI=1S/C17H14ClF3N2O3S/c1-25-11-5-9(6-12(8-11)26-2)15(24)23-16(27)22-14-4-3-10(7-13(14)18)17(19,20)21/h3-8H,1-2H3,(H2,22,23,24,27). The van der Waals surface area contributed by atoms with Crippen molar-refractivity contribution >= 4 is 40.5 Å². The van der Waals surface area contributed by atoms with E-state index in [9.17, 15) is 18.0 Å². The number of alkyl halides is 3. The zero-order valence-corrected chi connectivity index (χ0v) is 15.7. The van der Waals surface area contributed by atoms with Crippen LogP contribution in [0.15, 0.2) is 36.4 Å². The lowest BCUT2D eigenvalue weighted by molar-refractivity contribution is -0.137. The van der Waals surface area contributed by atoms with Crippen LogP contribution in [-0.4, -0.2) is 25.2 Å². The maximum absolute atomic E-state index is 12.7. The Bertz CT molecular complexity index is 853. The van der Waals surface area contributed by atoms with Gasteiger partial charge in [-0.3, -0.25) is 10.1 Å². The van der Waals surface area contributed by atoms with Crippen molar-refractivity contribution in [1.82, 2.24) is 5.32 Å². The quantitative estimate of drug-likeness (QED) is 0.716. The molecule has 5 nitrogen and oxygen atoms in total. The van der Waals surface area contributed by atoms with Gasteiger partial charge in [-0.1, -0.05) is 11.6 Å². The lowest BCUT2D eigenvalue weighted by Crippen LogP contribution is -2.34. The smallest absolute Gasteiger partial charge is 0.416 e. The lowest BCUT2D eigenvalue weighted by atomic mass is 10.2. The van der Waals surface area contributed by atoms with Crippen LogP contribution in [0.3, 0.4) is 0 Å². The predicted molar refractivity (Wildman–Crippen MR) is 99.7 cm³/mol. The van der Waals surface area contributed by atoms with Crippen molar-refractivity contribution in [3.8, 4) is 11.5 Å². The molecule has 2 aromatic rings. The molecular weight excluding hydrogens is 405 g/mol. The highest BCUT2D eigenvalue weighted by Crippen LogP contribution is 2.33. The fourth-order valence-corrected chi connectivity index (χ4v) is 2.49. The molecule has 2 rings (SSSR count). The second-order valence-electron chi connectivity index (χ2n) is 5.20. The van der Waals surface area contributed by atoms with Crippen molar-refractivity contribution in [2.75, 3.05) is 19.5 Å². The van der Waals surface area contributed by atoms with Gasteiger partial charge in [0.15, 0.2) is 5.11 Å². The molecule has 0 atom stereocenters. The highest BCUT2D eigenvalue weighted by molar-refractivity contribution is 7.80. The Balaban J connectivity index is 2.11. The van der Waals surface area contributed by atoms with Gasteiger partial charge in [0.2, 0.25) is 0 Å². The minimum atomic E-state index is -4.51. The number of thiocarbonyl (C=S) groups is 1. The Morgan fingerprint density at radius 1 is 1.07 bits per heavy atom. The normalized spacial score (nSPS) is 10.9. The second-order valence-corrected chi connectivity index (χ2v) is 6.02. The van der Waals surface area contributed by atoms with Gasteiger partial charge in [-0.15, -0.1) is 0 Å². The molecule has 27 heavy (non-hydrogen) atoms. The number of benzene rings is 2. The van der Waals surface area contributed by atoms with E-state index in [-0.39, 0.29) is 21.4 Å². The number of amides is 1. The van der Waals surface area contributed by atoms with Crippen molar-refractivity contribution in [2.45, 2.75) is 6.18 Å². The monoisotopic (exact) mass is 418 g/mol. The first-order valence-corrected chi connectivity index (χ1v) is 8.15. The van der Waals surface area contributed by atoms with E-state index < -0.39 is 17.6 Å². The molecule has 2 N–H and O–H groups in total. The van der Waals surface area contributed by atoms with Crippen molar-refractivity contribution < 1.29 is 27.4 Å². The lowest BCUT2D eigenvalue weighted by Gasteiger charge is -2.13. The number of methoxy groups -OCH3 is 2. The van der Waals surface area contributed by atoms with Crippen LogP contribution < -0.4 is 20.1 Å². The number of halogens is 4. The van der Waals surface area contributed by atoms with Gasteiger partial charge in [0, 0.05) is 11.6 Å². The zero-order chi connectivity index (χ0) is 20.2. The van der Waals surface area contributed by atoms with Crippen LogP contribution in [0.2, 0.25) is 5.02 Å². The topological polar surface area (TPSA) is 59.6 Å². The molecule has 0 fully saturated rings. The van der Waals surface area contributed by atoms with Crippen LogP contribution in [-0.2, 0) is 6.18 Å². The third kappa shape index (κ3) is 5.48. The van der Waals surface area contributed by atoms with Crippen molar-refractivity contribution in [1.29, 1.82) is 0 Å². The van der Waals surface area contributed by atoms with Crippen LogP contribution in [0, 0.1) is 0 Å². The summed E-state index contributed by atoms with van der Waals surface area (Å²) in [5.74, 6) is 0.251.